The zero-order valence-electron chi connectivity index (χ0n) is 13.0. The number of carbonyl (C=O) groups excluding carboxylic acids is 2. The summed E-state index contributed by atoms with van der Waals surface area (Å²) >= 11 is 2.20. The summed E-state index contributed by atoms with van der Waals surface area (Å²) in [6, 6.07) is 4.14. The Bertz CT molecular complexity index is 782. The van der Waals surface area contributed by atoms with Crippen molar-refractivity contribution in [3.8, 4) is 5.75 Å². The van der Waals surface area contributed by atoms with Gasteiger partial charge in [0, 0.05) is 5.69 Å². The Hall–Kier alpha value is -2.54. The number of alkyl halides is 3. The zero-order valence-corrected chi connectivity index (χ0v) is 14.7. The van der Waals surface area contributed by atoms with Crippen LogP contribution in [0.15, 0.2) is 28.6 Å². The second-order valence-corrected chi connectivity index (χ2v) is 7.25. The number of primary amides is 1. The first-order valence-corrected chi connectivity index (χ1v) is 8.55. The fourth-order valence-corrected chi connectivity index (χ4v) is 3.52. The van der Waals surface area contributed by atoms with Crippen molar-refractivity contribution in [3.63, 3.8) is 0 Å². The Morgan fingerprint density at radius 2 is 1.92 bits per heavy atom. The second-order valence-electron chi connectivity index (χ2n) is 4.68. The molecule has 0 aliphatic heterocycles. The summed E-state index contributed by atoms with van der Waals surface area (Å²) in [6.45, 7) is 1.57. The Labute approximate surface area is 153 Å². The molecule has 0 radical (unpaired) electrons. The molecule has 0 unspecified atom stereocenters. The molecule has 0 aliphatic carbocycles. The SMILES string of the molecule is C[C@H](Sc1nnc(Nc2ccc(OC(F)(F)F)cc2)s1)C(=O)NC(N)=O. The number of nitrogens with two attached hydrogens (primary N) is 1. The number of halogens is 3. The summed E-state index contributed by atoms with van der Waals surface area (Å²) in [7, 11) is 0. The van der Waals surface area contributed by atoms with Crippen LogP contribution in [0.25, 0.3) is 0 Å². The van der Waals surface area contributed by atoms with Crippen LogP contribution < -0.4 is 21.1 Å². The molecule has 0 saturated carbocycles. The van der Waals surface area contributed by atoms with Crippen LogP contribution in [0.4, 0.5) is 28.8 Å². The van der Waals surface area contributed by atoms with E-state index in [1.807, 2.05) is 5.32 Å². The molecule has 4 N–H and O–H groups in total. The van der Waals surface area contributed by atoms with Gasteiger partial charge in [0.2, 0.25) is 11.0 Å². The number of hydrogen-bond donors (Lipinski definition) is 3. The standard InChI is InChI=1S/C13H12F3N5O3S2/c1-6(9(22)19-10(17)23)25-12-21-20-11(26-12)18-7-2-4-8(5-3-7)24-13(14,15)16/h2-6H,1H3,(H,18,20)(H3,17,19,22,23)/t6-/m0/s1. The van der Waals surface area contributed by atoms with E-state index in [1.165, 1.54) is 12.1 Å². The molecule has 0 spiro atoms. The van der Waals surface area contributed by atoms with Gasteiger partial charge in [0.1, 0.15) is 5.75 Å². The first-order chi connectivity index (χ1) is 12.1. The quantitative estimate of drug-likeness (QED) is 0.630. The molecule has 0 fully saturated rings. The van der Waals surface area contributed by atoms with Crippen LogP contribution in [-0.4, -0.2) is 33.7 Å². The van der Waals surface area contributed by atoms with Gasteiger partial charge in [0.05, 0.1) is 5.25 Å². The minimum Gasteiger partial charge on any atom is -0.406 e. The molecule has 3 amide bonds. The monoisotopic (exact) mass is 407 g/mol. The van der Waals surface area contributed by atoms with Crippen molar-refractivity contribution in [3.05, 3.63) is 24.3 Å². The number of hydrogen-bond acceptors (Lipinski definition) is 8. The third kappa shape index (κ3) is 6.40. The van der Waals surface area contributed by atoms with Crippen molar-refractivity contribution >= 4 is 45.9 Å². The number of aromatic nitrogens is 2. The third-order valence-corrected chi connectivity index (χ3v) is 4.66. The number of thioether (sulfide) groups is 1. The van der Waals surface area contributed by atoms with E-state index in [0.29, 0.717) is 15.2 Å². The average Bonchev–Trinajstić information content (AvgIpc) is 2.94. The Morgan fingerprint density at radius 1 is 1.27 bits per heavy atom. The van der Waals surface area contributed by atoms with Crippen molar-refractivity contribution in [2.45, 2.75) is 22.9 Å². The van der Waals surface area contributed by atoms with Gasteiger partial charge in [-0.3, -0.25) is 10.1 Å². The predicted molar refractivity (Wildman–Crippen MR) is 89.4 cm³/mol. The third-order valence-electron chi connectivity index (χ3n) is 2.64. The van der Waals surface area contributed by atoms with E-state index in [1.54, 1.807) is 6.92 Å². The van der Waals surface area contributed by atoms with Crippen LogP contribution in [0.5, 0.6) is 5.75 Å². The van der Waals surface area contributed by atoms with Gasteiger partial charge in [-0.1, -0.05) is 23.1 Å². The minimum absolute atomic E-state index is 0.342. The van der Waals surface area contributed by atoms with Crippen LogP contribution in [0.1, 0.15) is 6.92 Å². The first kappa shape index (κ1) is 19.8. The van der Waals surface area contributed by atoms with Gasteiger partial charge in [-0.15, -0.1) is 23.4 Å². The summed E-state index contributed by atoms with van der Waals surface area (Å²) in [6.07, 6.45) is -4.75. The lowest BCUT2D eigenvalue weighted by Gasteiger charge is -2.09. The molecule has 2 aromatic rings. The van der Waals surface area contributed by atoms with Crippen molar-refractivity contribution < 1.29 is 27.5 Å². The van der Waals surface area contributed by atoms with Crippen molar-refractivity contribution in [2.75, 3.05) is 5.32 Å². The molecular formula is C13H12F3N5O3S2. The molecule has 1 aromatic carbocycles. The number of anilines is 2. The molecule has 0 saturated heterocycles. The van der Waals surface area contributed by atoms with Gasteiger partial charge >= 0.3 is 12.4 Å². The molecule has 0 aliphatic rings. The van der Waals surface area contributed by atoms with Crippen molar-refractivity contribution in [2.24, 2.45) is 5.73 Å². The molecule has 13 heteroatoms. The van der Waals surface area contributed by atoms with Gasteiger partial charge < -0.3 is 15.8 Å². The van der Waals surface area contributed by atoms with Crippen LogP contribution in [0.3, 0.4) is 0 Å². The average molecular weight is 407 g/mol. The maximum Gasteiger partial charge on any atom is 0.573 e. The molecule has 1 heterocycles. The smallest absolute Gasteiger partial charge is 0.406 e. The number of carbonyl (C=O) groups is 2. The summed E-state index contributed by atoms with van der Waals surface area (Å²) in [5.74, 6) is -0.904. The highest BCUT2D eigenvalue weighted by Crippen LogP contribution is 2.31. The highest BCUT2D eigenvalue weighted by molar-refractivity contribution is 8.02. The molecule has 1 aromatic heterocycles. The number of nitrogens with one attached hydrogen (secondary N) is 2. The number of urea groups is 1. The largest absolute Gasteiger partial charge is 0.573 e. The molecule has 1 atom stereocenters. The Balaban J connectivity index is 1.93. The summed E-state index contributed by atoms with van der Waals surface area (Å²) in [5.41, 5.74) is 5.35. The summed E-state index contributed by atoms with van der Waals surface area (Å²) < 4.78 is 40.6. The van der Waals surface area contributed by atoms with Crippen LogP contribution in [0, 0.1) is 0 Å². The molecule has 140 valence electrons. The van der Waals surface area contributed by atoms with Crippen LogP contribution >= 0.6 is 23.1 Å². The molecule has 0 bridgehead atoms. The molecular weight excluding hydrogens is 395 g/mol. The number of amides is 3. The van der Waals surface area contributed by atoms with E-state index >= 15 is 0 Å². The Kier molecular flexibility index (Phi) is 6.26. The fourth-order valence-electron chi connectivity index (χ4n) is 1.60. The van der Waals surface area contributed by atoms with Crippen molar-refractivity contribution in [1.29, 1.82) is 0 Å². The second kappa shape index (κ2) is 8.23. The highest BCUT2D eigenvalue weighted by Gasteiger charge is 2.30. The number of nitrogens with zero attached hydrogens (tertiary/aromatic N) is 2. The maximum atomic E-state index is 12.1. The van der Waals surface area contributed by atoms with Gasteiger partial charge in [-0.05, 0) is 31.2 Å². The lowest BCUT2D eigenvalue weighted by molar-refractivity contribution is -0.274. The molecule has 8 nitrogen and oxygen atoms in total. The van der Waals surface area contributed by atoms with E-state index in [2.05, 4.69) is 20.3 Å². The summed E-state index contributed by atoms with van der Waals surface area (Å²) in [4.78, 5) is 22.3. The van der Waals surface area contributed by atoms with Gasteiger partial charge in [-0.2, -0.15) is 0 Å². The predicted octanol–water partition coefficient (Wildman–Crippen LogP) is 2.86. The van der Waals surface area contributed by atoms with E-state index in [4.69, 9.17) is 5.73 Å². The molecule has 2 rings (SSSR count). The van der Waals surface area contributed by atoms with Gasteiger partial charge in [0.25, 0.3) is 0 Å². The van der Waals surface area contributed by atoms with Gasteiger partial charge in [-0.25, -0.2) is 4.79 Å². The lowest BCUT2D eigenvalue weighted by Crippen LogP contribution is -2.39. The van der Waals surface area contributed by atoms with Gasteiger partial charge in [0.15, 0.2) is 4.34 Å². The Morgan fingerprint density at radius 3 is 2.50 bits per heavy atom. The number of imide groups is 1. The van der Waals surface area contributed by atoms with E-state index in [9.17, 15) is 22.8 Å². The number of ether oxygens (including phenoxy) is 1. The zero-order chi connectivity index (χ0) is 19.3. The van der Waals surface area contributed by atoms with E-state index in [0.717, 1.165) is 35.2 Å². The minimum atomic E-state index is -4.75. The fraction of sp³-hybridized carbons (Fsp3) is 0.231. The van der Waals surface area contributed by atoms with Crippen molar-refractivity contribution in [1.82, 2.24) is 15.5 Å². The number of rotatable bonds is 6. The van der Waals surface area contributed by atoms with E-state index in [-0.39, 0.29) is 5.75 Å². The highest BCUT2D eigenvalue weighted by atomic mass is 32.2. The number of benzene rings is 1. The van der Waals surface area contributed by atoms with Crippen LogP contribution in [-0.2, 0) is 4.79 Å². The molecule has 26 heavy (non-hydrogen) atoms. The van der Waals surface area contributed by atoms with E-state index < -0.39 is 23.6 Å². The first-order valence-electron chi connectivity index (χ1n) is 6.85. The summed E-state index contributed by atoms with van der Waals surface area (Å²) in [5, 5.41) is 12.3. The topological polar surface area (TPSA) is 119 Å². The van der Waals surface area contributed by atoms with Crippen LogP contribution in [0.2, 0.25) is 0 Å². The maximum absolute atomic E-state index is 12.1. The lowest BCUT2D eigenvalue weighted by atomic mass is 10.3. The normalized spacial score (nSPS) is 12.3.